The molecule has 1 aromatic heterocycles. The molecule has 2 aromatic rings. The van der Waals surface area contributed by atoms with E-state index in [0.29, 0.717) is 11.4 Å². The smallest absolute Gasteiger partial charge is 0.241 e. The summed E-state index contributed by atoms with van der Waals surface area (Å²) in [5.41, 5.74) is 1.09. The van der Waals surface area contributed by atoms with Crippen LogP contribution in [0, 0.1) is 0 Å². The minimum absolute atomic E-state index is 0.0773. The van der Waals surface area contributed by atoms with Crippen LogP contribution in [0.3, 0.4) is 0 Å². The van der Waals surface area contributed by atoms with Gasteiger partial charge in [-0.1, -0.05) is 18.2 Å². The Kier molecular flexibility index (Phi) is 4.89. The van der Waals surface area contributed by atoms with Gasteiger partial charge in [-0.2, -0.15) is 0 Å². The van der Waals surface area contributed by atoms with Crippen LogP contribution in [0.5, 0.6) is 5.88 Å². The molecule has 7 heteroatoms. The molecule has 0 spiro atoms. The van der Waals surface area contributed by atoms with Crippen molar-refractivity contribution in [3.8, 4) is 5.88 Å². The number of aromatic nitrogens is 1. The van der Waals surface area contributed by atoms with E-state index in [1.165, 1.54) is 13.2 Å². The van der Waals surface area contributed by atoms with Crippen LogP contribution in [0.15, 0.2) is 47.5 Å². The summed E-state index contributed by atoms with van der Waals surface area (Å²) in [6.07, 6.45) is 1.55. The lowest BCUT2D eigenvalue weighted by Crippen LogP contribution is -2.24. The van der Waals surface area contributed by atoms with E-state index in [2.05, 4.69) is 9.71 Å². The molecule has 21 heavy (non-hydrogen) atoms. The van der Waals surface area contributed by atoms with Crippen molar-refractivity contribution >= 4 is 10.0 Å². The molecule has 0 aliphatic rings. The van der Waals surface area contributed by atoms with Gasteiger partial charge in [0.2, 0.25) is 15.9 Å². The SMILES string of the molecule is COc1cc(CNS(=O)(=O)c2ccccc2CO)ccn1. The summed E-state index contributed by atoms with van der Waals surface area (Å²) in [5, 5.41) is 9.22. The van der Waals surface area contributed by atoms with E-state index in [1.54, 1.807) is 36.5 Å². The second-order valence-corrected chi connectivity index (χ2v) is 6.03. The topological polar surface area (TPSA) is 88.5 Å². The summed E-state index contributed by atoms with van der Waals surface area (Å²) in [6.45, 7) is -0.221. The number of methoxy groups -OCH3 is 1. The number of nitrogens with one attached hydrogen (secondary N) is 1. The number of ether oxygens (including phenoxy) is 1. The van der Waals surface area contributed by atoms with E-state index in [9.17, 15) is 13.5 Å². The monoisotopic (exact) mass is 308 g/mol. The van der Waals surface area contributed by atoms with Crippen LogP contribution >= 0.6 is 0 Å². The van der Waals surface area contributed by atoms with Crippen molar-refractivity contribution in [2.45, 2.75) is 18.0 Å². The molecule has 112 valence electrons. The van der Waals surface area contributed by atoms with Crippen LogP contribution in [0.1, 0.15) is 11.1 Å². The number of rotatable bonds is 6. The maximum absolute atomic E-state index is 12.3. The van der Waals surface area contributed by atoms with Gasteiger partial charge in [-0.3, -0.25) is 0 Å². The molecule has 0 unspecified atom stereocenters. The molecule has 0 atom stereocenters. The largest absolute Gasteiger partial charge is 0.481 e. The third-order valence-corrected chi connectivity index (χ3v) is 4.41. The summed E-state index contributed by atoms with van der Waals surface area (Å²) >= 11 is 0. The molecule has 1 heterocycles. The van der Waals surface area contributed by atoms with Crippen LogP contribution in [0.4, 0.5) is 0 Å². The highest BCUT2D eigenvalue weighted by Gasteiger charge is 2.17. The fraction of sp³-hybridized carbons (Fsp3) is 0.214. The molecule has 0 aliphatic carbocycles. The number of pyridine rings is 1. The normalized spacial score (nSPS) is 11.3. The highest BCUT2D eigenvalue weighted by molar-refractivity contribution is 7.89. The molecule has 2 N–H and O–H groups in total. The average Bonchev–Trinajstić information content (AvgIpc) is 2.53. The molecule has 0 aliphatic heterocycles. The quantitative estimate of drug-likeness (QED) is 0.833. The highest BCUT2D eigenvalue weighted by Crippen LogP contribution is 2.16. The zero-order chi connectivity index (χ0) is 15.3. The molecular weight excluding hydrogens is 292 g/mol. The van der Waals surface area contributed by atoms with Crippen molar-refractivity contribution < 1.29 is 18.3 Å². The number of hydrogen-bond donors (Lipinski definition) is 2. The highest BCUT2D eigenvalue weighted by atomic mass is 32.2. The average molecular weight is 308 g/mol. The van der Waals surface area contributed by atoms with E-state index in [4.69, 9.17) is 4.74 Å². The van der Waals surface area contributed by atoms with E-state index in [-0.39, 0.29) is 18.0 Å². The zero-order valence-electron chi connectivity index (χ0n) is 11.5. The minimum Gasteiger partial charge on any atom is -0.481 e. The first-order valence-electron chi connectivity index (χ1n) is 6.24. The minimum atomic E-state index is -3.69. The Bertz CT molecular complexity index is 716. The summed E-state index contributed by atoms with van der Waals surface area (Å²) in [7, 11) is -2.20. The molecule has 0 fully saturated rings. The van der Waals surface area contributed by atoms with Gasteiger partial charge < -0.3 is 9.84 Å². The number of nitrogens with zero attached hydrogens (tertiary/aromatic N) is 1. The van der Waals surface area contributed by atoms with E-state index in [1.807, 2.05) is 0 Å². The third-order valence-electron chi connectivity index (χ3n) is 2.91. The lowest BCUT2D eigenvalue weighted by atomic mass is 10.2. The van der Waals surface area contributed by atoms with E-state index >= 15 is 0 Å². The van der Waals surface area contributed by atoms with Crippen LogP contribution < -0.4 is 9.46 Å². The van der Waals surface area contributed by atoms with Gasteiger partial charge in [0.15, 0.2) is 0 Å². The van der Waals surface area contributed by atoms with Crippen LogP contribution in [-0.4, -0.2) is 25.6 Å². The van der Waals surface area contributed by atoms with Gasteiger partial charge in [-0.15, -0.1) is 0 Å². The summed E-state index contributed by atoms with van der Waals surface area (Å²) in [4.78, 5) is 4.03. The molecule has 0 saturated carbocycles. The van der Waals surface area contributed by atoms with Crippen molar-refractivity contribution in [3.63, 3.8) is 0 Å². The molecule has 0 bridgehead atoms. The van der Waals surface area contributed by atoms with Crippen molar-refractivity contribution in [1.82, 2.24) is 9.71 Å². The number of aliphatic hydroxyl groups excluding tert-OH is 1. The van der Waals surface area contributed by atoms with Gasteiger partial charge in [-0.25, -0.2) is 18.1 Å². The van der Waals surface area contributed by atoms with Crippen molar-refractivity contribution in [2.75, 3.05) is 7.11 Å². The number of benzene rings is 1. The Morgan fingerprint density at radius 3 is 2.76 bits per heavy atom. The Balaban J connectivity index is 2.18. The van der Waals surface area contributed by atoms with Crippen LogP contribution in [-0.2, 0) is 23.2 Å². The molecule has 6 nitrogen and oxygen atoms in total. The first-order chi connectivity index (χ1) is 10.1. The number of sulfonamides is 1. The van der Waals surface area contributed by atoms with Gasteiger partial charge in [0, 0.05) is 18.8 Å². The fourth-order valence-corrected chi connectivity index (χ4v) is 3.07. The summed E-state index contributed by atoms with van der Waals surface area (Å²) in [5.74, 6) is 0.419. The van der Waals surface area contributed by atoms with Gasteiger partial charge in [0.1, 0.15) is 0 Å². The zero-order valence-corrected chi connectivity index (χ0v) is 12.3. The molecule has 1 aromatic carbocycles. The van der Waals surface area contributed by atoms with E-state index in [0.717, 1.165) is 5.56 Å². The standard InChI is InChI=1S/C14H16N2O4S/c1-20-14-8-11(6-7-15-14)9-16-21(18,19)13-5-3-2-4-12(13)10-17/h2-8,16-17H,9-10H2,1H3. The molecule has 2 rings (SSSR count). The van der Waals surface area contributed by atoms with Gasteiger partial charge in [-0.05, 0) is 23.3 Å². The first-order valence-corrected chi connectivity index (χ1v) is 7.72. The van der Waals surface area contributed by atoms with Gasteiger partial charge >= 0.3 is 0 Å². The predicted molar refractivity (Wildman–Crippen MR) is 77.2 cm³/mol. The van der Waals surface area contributed by atoms with Crippen LogP contribution in [0.25, 0.3) is 0 Å². The second-order valence-electron chi connectivity index (χ2n) is 4.30. The Morgan fingerprint density at radius 1 is 1.29 bits per heavy atom. The lowest BCUT2D eigenvalue weighted by Gasteiger charge is -2.10. The third kappa shape index (κ3) is 3.78. The Morgan fingerprint density at radius 2 is 2.05 bits per heavy atom. The van der Waals surface area contributed by atoms with Crippen molar-refractivity contribution in [2.24, 2.45) is 0 Å². The Labute approximate surface area is 123 Å². The second kappa shape index (κ2) is 6.66. The molecular formula is C14H16N2O4S. The maximum atomic E-state index is 12.3. The molecule has 0 radical (unpaired) electrons. The van der Waals surface area contributed by atoms with Crippen LogP contribution in [0.2, 0.25) is 0 Å². The number of aliphatic hydroxyl groups is 1. The first kappa shape index (κ1) is 15.4. The number of hydrogen-bond acceptors (Lipinski definition) is 5. The van der Waals surface area contributed by atoms with E-state index < -0.39 is 10.0 Å². The molecule has 0 amide bonds. The van der Waals surface area contributed by atoms with Gasteiger partial charge in [0.05, 0.1) is 18.6 Å². The fourth-order valence-electron chi connectivity index (χ4n) is 1.82. The summed E-state index contributed by atoms with van der Waals surface area (Å²) < 4.78 is 32.0. The van der Waals surface area contributed by atoms with Crippen molar-refractivity contribution in [1.29, 1.82) is 0 Å². The summed E-state index contributed by atoms with van der Waals surface area (Å²) in [6, 6.07) is 9.68. The Hall–Kier alpha value is -1.96. The molecule has 0 saturated heterocycles. The lowest BCUT2D eigenvalue weighted by molar-refractivity contribution is 0.278. The maximum Gasteiger partial charge on any atom is 0.241 e. The predicted octanol–water partition coefficient (Wildman–Crippen LogP) is 1.06. The van der Waals surface area contributed by atoms with Crippen molar-refractivity contribution in [3.05, 3.63) is 53.7 Å². The van der Waals surface area contributed by atoms with Gasteiger partial charge in [0.25, 0.3) is 0 Å².